The van der Waals surface area contributed by atoms with E-state index >= 15 is 0 Å². The van der Waals surface area contributed by atoms with E-state index < -0.39 is 23.3 Å². The fraction of sp³-hybridized carbons (Fsp3) is 0. The molecule has 130 valence electrons. The second kappa shape index (κ2) is 7.40. The Morgan fingerprint density at radius 1 is 0.577 bits per heavy atom. The Morgan fingerprint density at radius 3 is 1.31 bits per heavy atom. The summed E-state index contributed by atoms with van der Waals surface area (Å²) in [5, 5.41) is 28.8. The van der Waals surface area contributed by atoms with E-state index in [1.807, 2.05) is 0 Å². The molecular formula is C20H14N2O4-2. The summed E-state index contributed by atoms with van der Waals surface area (Å²) in [6.45, 7) is 0. The Labute approximate surface area is 149 Å². The largest absolute Gasteiger partial charge is 0.872 e. The molecule has 3 aromatic rings. The molecule has 6 nitrogen and oxygen atoms in total. The average Bonchev–Trinajstić information content (AvgIpc) is 2.64. The van der Waals surface area contributed by atoms with Crippen LogP contribution in [0.5, 0.6) is 11.5 Å². The molecule has 6 heteroatoms. The second-order valence-corrected chi connectivity index (χ2v) is 5.45. The highest BCUT2D eigenvalue weighted by Gasteiger charge is 2.12. The van der Waals surface area contributed by atoms with Crippen molar-refractivity contribution in [1.29, 1.82) is 0 Å². The van der Waals surface area contributed by atoms with Crippen molar-refractivity contribution in [3.63, 3.8) is 0 Å². The molecule has 3 aromatic carbocycles. The van der Waals surface area contributed by atoms with Crippen LogP contribution in [-0.4, -0.2) is 11.8 Å². The number of benzene rings is 3. The van der Waals surface area contributed by atoms with Gasteiger partial charge in [-0.25, -0.2) is 0 Å². The number of para-hydroxylation sites is 4. The molecule has 26 heavy (non-hydrogen) atoms. The summed E-state index contributed by atoms with van der Waals surface area (Å²) in [5.41, 5.74) is 0.632. The Kier molecular flexibility index (Phi) is 4.85. The van der Waals surface area contributed by atoms with Crippen LogP contribution >= 0.6 is 0 Å². The van der Waals surface area contributed by atoms with Gasteiger partial charge in [0.1, 0.15) is 0 Å². The maximum atomic E-state index is 12.3. The molecule has 0 spiro atoms. The molecule has 2 amide bonds. The van der Waals surface area contributed by atoms with Gasteiger partial charge < -0.3 is 20.8 Å². The van der Waals surface area contributed by atoms with Crippen LogP contribution in [0, 0.1) is 0 Å². The first kappa shape index (κ1) is 17.0. The van der Waals surface area contributed by atoms with Crippen LogP contribution in [0.15, 0.2) is 72.8 Å². The fourth-order valence-corrected chi connectivity index (χ4v) is 2.39. The predicted molar refractivity (Wildman–Crippen MR) is 94.1 cm³/mol. The van der Waals surface area contributed by atoms with Crippen molar-refractivity contribution >= 4 is 23.2 Å². The summed E-state index contributed by atoms with van der Waals surface area (Å²) in [5.74, 6) is -1.96. The highest BCUT2D eigenvalue weighted by molar-refractivity contribution is 6.11. The van der Waals surface area contributed by atoms with Crippen LogP contribution in [0.4, 0.5) is 11.4 Å². The van der Waals surface area contributed by atoms with Crippen molar-refractivity contribution in [1.82, 2.24) is 0 Å². The Balaban J connectivity index is 1.83. The van der Waals surface area contributed by atoms with Gasteiger partial charge in [-0.1, -0.05) is 72.2 Å². The second-order valence-electron chi connectivity index (χ2n) is 5.45. The summed E-state index contributed by atoms with van der Waals surface area (Å²) in [7, 11) is 0. The zero-order valence-electron chi connectivity index (χ0n) is 13.6. The van der Waals surface area contributed by atoms with E-state index in [1.54, 1.807) is 48.5 Å². The number of hydrogen-bond acceptors (Lipinski definition) is 4. The number of amides is 2. The topological polar surface area (TPSA) is 104 Å². The first-order chi connectivity index (χ1) is 12.6. The molecule has 0 heterocycles. The Hall–Kier alpha value is -3.80. The summed E-state index contributed by atoms with van der Waals surface area (Å²) >= 11 is 0. The molecule has 0 unspecified atom stereocenters. The molecule has 0 fully saturated rings. The molecule has 0 aliphatic rings. The Bertz CT molecular complexity index is 891. The molecule has 2 N–H and O–H groups in total. The standard InChI is InChI=1S/C20H16N2O4/c23-17-11-5-1-7-13(17)19(25)21-15-9-3-4-10-16(15)22-20(26)14-8-2-6-12-18(14)24/h1-12,23-24H,(H,21,25)(H,22,26)/p-2. The molecule has 0 aliphatic carbocycles. The number of carbonyl (C=O) groups is 2. The van der Waals surface area contributed by atoms with E-state index in [4.69, 9.17) is 0 Å². The van der Waals surface area contributed by atoms with Crippen molar-refractivity contribution in [3.8, 4) is 11.5 Å². The zero-order valence-corrected chi connectivity index (χ0v) is 13.6. The van der Waals surface area contributed by atoms with Gasteiger partial charge in [0, 0.05) is 11.1 Å². The zero-order chi connectivity index (χ0) is 18.5. The summed E-state index contributed by atoms with van der Waals surface area (Å²) in [4.78, 5) is 24.6. The van der Waals surface area contributed by atoms with Crippen molar-refractivity contribution < 1.29 is 19.8 Å². The van der Waals surface area contributed by atoms with Gasteiger partial charge in [-0.15, -0.1) is 0 Å². The molecule has 0 radical (unpaired) electrons. The highest BCUT2D eigenvalue weighted by atomic mass is 16.3. The van der Waals surface area contributed by atoms with Crippen molar-refractivity contribution in [3.05, 3.63) is 83.9 Å². The predicted octanol–water partition coefficient (Wildman–Crippen LogP) is 2.34. The van der Waals surface area contributed by atoms with Crippen LogP contribution in [0.1, 0.15) is 20.7 Å². The maximum Gasteiger partial charge on any atom is 0.255 e. The van der Waals surface area contributed by atoms with Gasteiger partial charge >= 0.3 is 0 Å². The van der Waals surface area contributed by atoms with Crippen molar-refractivity contribution in [2.24, 2.45) is 0 Å². The smallest absolute Gasteiger partial charge is 0.255 e. The third kappa shape index (κ3) is 3.64. The molecule has 3 rings (SSSR count). The first-order valence-electron chi connectivity index (χ1n) is 7.80. The van der Waals surface area contributed by atoms with Crippen LogP contribution in [-0.2, 0) is 0 Å². The van der Waals surface area contributed by atoms with E-state index in [-0.39, 0.29) is 11.1 Å². The number of carbonyl (C=O) groups excluding carboxylic acids is 2. The third-order valence-electron chi connectivity index (χ3n) is 3.69. The van der Waals surface area contributed by atoms with Crippen LogP contribution in [0.25, 0.3) is 0 Å². The highest BCUT2D eigenvalue weighted by Crippen LogP contribution is 2.24. The van der Waals surface area contributed by atoms with Gasteiger partial charge in [0.2, 0.25) is 0 Å². The lowest BCUT2D eigenvalue weighted by atomic mass is 10.1. The van der Waals surface area contributed by atoms with Gasteiger partial charge in [-0.2, -0.15) is 0 Å². The van der Waals surface area contributed by atoms with E-state index in [9.17, 15) is 19.8 Å². The van der Waals surface area contributed by atoms with Crippen molar-refractivity contribution in [2.45, 2.75) is 0 Å². The molecule has 0 aliphatic heterocycles. The first-order valence-corrected chi connectivity index (χ1v) is 7.80. The van der Waals surface area contributed by atoms with Crippen LogP contribution in [0.2, 0.25) is 0 Å². The molecular weight excluding hydrogens is 332 g/mol. The van der Waals surface area contributed by atoms with Crippen molar-refractivity contribution in [2.75, 3.05) is 10.6 Å². The Morgan fingerprint density at radius 2 is 0.923 bits per heavy atom. The minimum Gasteiger partial charge on any atom is -0.872 e. The molecule has 0 saturated carbocycles. The normalized spacial score (nSPS) is 10.2. The summed E-state index contributed by atoms with van der Waals surface area (Å²) in [6, 6.07) is 18.3. The van der Waals surface area contributed by atoms with E-state index in [2.05, 4.69) is 10.6 Å². The monoisotopic (exact) mass is 346 g/mol. The van der Waals surface area contributed by atoms with E-state index in [1.165, 1.54) is 24.3 Å². The lowest BCUT2D eigenvalue weighted by Gasteiger charge is -2.17. The third-order valence-corrected chi connectivity index (χ3v) is 3.69. The van der Waals surface area contributed by atoms with Gasteiger partial charge in [0.05, 0.1) is 11.4 Å². The lowest BCUT2D eigenvalue weighted by molar-refractivity contribution is -0.269. The van der Waals surface area contributed by atoms with Gasteiger partial charge in [-0.3, -0.25) is 9.59 Å². The minimum absolute atomic E-state index is 0.00136. The van der Waals surface area contributed by atoms with Gasteiger partial charge in [0.25, 0.3) is 11.8 Å². The lowest BCUT2D eigenvalue weighted by Crippen LogP contribution is -2.18. The van der Waals surface area contributed by atoms with Crippen LogP contribution in [0.3, 0.4) is 0 Å². The van der Waals surface area contributed by atoms with E-state index in [0.717, 1.165) is 0 Å². The fourth-order valence-electron chi connectivity index (χ4n) is 2.39. The van der Waals surface area contributed by atoms with Crippen LogP contribution < -0.4 is 20.8 Å². The molecule has 0 atom stereocenters. The SMILES string of the molecule is O=C(Nc1ccccc1NC(=O)c1ccccc1[O-])c1ccccc1[O-]. The minimum atomic E-state index is -0.582. The molecule has 0 bridgehead atoms. The van der Waals surface area contributed by atoms with Gasteiger partial charge in [0.15, 0.2) is 0 Å². The van der Waals surface area contributed by atoms with E-state index in [0.29, 0.717) is 11.4 Å². The summed E-state index contributed by atoms with van der Waals surface area (Å²) in [6.07, 6.45) is 0. The summed E-state index contributed by atoms with van der Waals surface area (Å²) < 4.78 is 0. The number of anilines is 2. The maximum absolute atomic E-state index is 12.3. The number of hydrogen-bond donors (Lipinski definition) is 2. The average molecular weight is 346 g/mol. The number of nitrogens with one attached hydrogen (secondary N) is 2. The molecule has 0 aromatic heterocycles. The quantitative estimate of drug-likeness (QED) is 0.756. The number of rotatable bonds is 4. The van der Waals surface area contributed by atoms with Gasteiger partial charge in [-0.05, 0) is 12.1 Å². The molecule has 0 saturated heterocycles.